The van der Waals surface area contributed by atoms with Crippen molar-refractivity contribution in [3.63, 3.8) is 0 Å². The second-order valence-corrected chi connectivity index (χ2v) is 3.84. The van der Waals surface area contributed by atoms with Crippen LogP contribution in [0.15, 0.2) is 22.7 Å². The number of aliphatic hydroxyl groups is 1. The van der Waals surface area contributed by atoms with Crippen LogP contribution in [-0.4, -0.2) is 11.7 Å². The highest BCUT2D eigenvalue weighted by molar-refractivity contribution is 9.10. The second kappa shape index (κ2) is 2.61. The van der Waals surface area contributed by atoms with Crippen LogP contribution in [0.2, 0.25) is 0 Å². The molecule has 0 fully saturated rings. The maximum atomic E-state index is 8.91. The standard InChI is InChI=1S/C9H9BrO/c10-8-2-1-6-3-7(5-11)9(6)4-8/h1-2,4,7,11H,3,5H2. The Morgan fingerprint density at radius 3 is 3.09 bits per heavy atom. The lowest BCUT2D eigenvalue weighted by Crippen LogP contribution is -2.19. The lowest BCUT2D eigenvalue weighted by molar-refractivity contribution is 0.253. The summed E-state index contributed by atoms with van der Waals surface area (Å²) in [5.41, 5.74) is 2.69. The molecule has 0 bridgehead atoms. The van der Waals surface area contributed by atoms with Gasteiger partial charge < -0.3 is 5.11 Å². The number of aliphatic hydroxyl groups excluding tert-OH is 1. The molecule has 0 saturated carbocycles. The van der Waals surface area contributed by atoms with Gasteiger partial charge in [-0.25, -0.2) is 0 Å². The Labute approximate surface area is 74.2 Å². The minimum absolute atomic E-state index is 0.281. The monoisotopic (exact) mass is 212 g/mol. The Hall–Kier alpha value is -0.340. The van der Waals surface area contributed by atoms with Crippen molar-refractivity contribution in [2.24, 2.45) is 0 Å². The molecule has 1 nitrogen and oxygen atoms in total. The van der Waals surface area contributed by atoms with Gasteiger partial charge in [0.25, 0.3) is 0 Å². The summed E-state index contributed by atoms with van der Waals surface area (Å²) < 4.78 is 1.11. The Morgan fingerprint density at radius 2 is 2.36 bits per heavy atom. The van der Waals surface area contributed by atoms with Gasteiger partial charge >= 0.3 is 0 Å². The smallest absolute Gasteiger partial charge is 0.0503 e. The van der Waals surface area contributed by atoms with Crippen LogP contribution in [0.5, 0.6) is 0 Å². The molecule has 1 aliphatic carbocycles. The van der Waals surface area contributed by atoms with Crippen molar-refractivity contribution < 1.29 is 5.11 Å². The first kappa shape index (κ1) is 7.32. The SMILES string of the molecule is OCC1Cc2ccc(Br)cc21. The van der Waals surface area contributed by atoms with E-state index < -0.39 is 0 Å². The van der Waals surface area contributed by atoms with Crippen molar-refractivity contribution in [3.8, 4) is 0 Å². The highest BCUT2D eigenvalue weighted by Gasteiger charge is 2.24. The van der Waals surface area contributed by atoms with Gasteiger partial charge in [0.15, 0.2) is 0 Å². The largest absolute Gasteiger partial charge is 0.396 e. The van der Waals surface area contributed by atoms with Crippen LogP contribution in [0.25, 0.3) is 0 Å². The van der Waals surface area contributed by atoms with E-state index in [1.54, 1.807) is 0 Å². The molecule has 1 atom stereocenters. The molecule has 1 N–H and O–H groups in total. The molecule has 1 aromatic carbocycles. The molecule has 0 aromatic heterocycles. The van der Waals surface area contributed by atoms with Gasteiger partial charge in [-0.05, 0) is 29.7 Å². The average molecular weight is 213 g/mol. The summed E-state index contributed by atoms with van der Waals surface area (Å²) in [6.07, 6.45) is 1.04. The summed E-state index contributed by atoms with van der Waals surface area (Å²) in [5, 5.41) is 8.91. The molecule has 1 aliphatic rings. The molecule has 0 spiro atoms. The van der Waals surface area contributed by atoms with Gasteiger partial charge in [0.1, 0.15) is 0 Å². The summed E-state index contributed by atoms with van der Waals surface area (Å²) in [4.78, 5) is 0. The zero-order valence-corrected chi connectivity index (χ0v) is 7.63. The van der Waals surface area contributed by atoms with Gasteiger partial charge in [-0.1, -0.05) is 22.0 Å². The van der Waals surface area contributed by atoms with Crippen molar-refractivity contribution >= 4 is 15.9 Å². The summed E-state index contributed by atoms with van der Waals surface area (Å²) in [6, 6.07) is 6.26. The normalized spacial score (nSPS) is 20.7. The van der Waals surface area contributed by atoms with Crippen molar-refractivity contribution in [2.75, 3.05) is 6.61 Å². The Bertz CT molecular complexity index is 283. The Morgan fingerprint density at radius 1 is 1.55 bits per heavy atom. The molecule has 1 aromatic rings. The summed E-state index contributed by atoms with van der Waals surface area (Å²) in [6.45, 7) is 0.281. The zero-order valence-electron chi connectivity index (χ0n) is 6.05. The van der Waals surface area contributed by atoms with Crippen molar-refractivity contribution in [2.45, 2.75) is 12.3 Å². The lowest BCUT2D eigenvalue weighted by Gasteiger charge is -2.28. The van der Waals surface area contributed by atoms with Crippen molar-refractivity contribution in [1.29, 1.82) is 0 Å². The fraction of sp³-hybridized carbons (Fsp3) is 0.333. The Kier molecular flexibility index (Phi) is 1.74. The van der Waals surface area contributed by atoms with Crippen LogP contribution < -0.4 is 0 Å². The van der Waals surface area contributed by atoms with Gasteiger partial charge in [-0.3, -0.25) is 0 Å². The quantitative estimate of drug-likeness (QED) is 0.757. The number of halogens is 1. The number of fused-ring (bicyclic) bond motifs is 1. The summed E-state index contributed by atoms with van der Waals surface area (Å²) >= 11 is 3.41. The van der Waals surface area contributed by atoms with Crippen LogP contribution in [0.4, 0.5) is 0 Å². The topological polar surface area (TPSA) is 20.2 Å². The zero-order chi connectivity index (χ0) is 7.84. The molecule has 2 rings (SSSR count). The molecule has 2 heteroatoms. The summed E-state index contributed by atoms with van der Waals surface area (Å²) in [7, 11) is 0. The highest BCUT2D eigenvalue weighted by atomic mass is 79.9. The van der Waals surface area contributed by atoms with Crippen LogP contribution in [0.1, 0.15) is 17.0 Å². The third kappa shape index (κ3) is 1.10. The van der Waals surface area contributed by atoms with E-state index >= 15 is 0 Å². The van der Waals surface area contributed by atoms with Crippen molar-refractivity contribution in [1.82, 2.24) is 0 Å². The molecule has 0 heterocycles. The average Bonchev–Trinajstić information content (AvgIpc) is 1.97. The maximum absolute atomic E-state index is 8.91. The van der Waals surface area contributed by atoms with Gasteiger partial charge in [0.2, 0.25) is 0 Å². The third-order valence-corrected chi connectivity index (χ3v) is 2.73. The van der Waals surface area contributed by atoms with Crippen molar-refractivity contribution in [3.05, 3.63) is 33.8 Å². The predicted octanol–water partition coefficient (Wildman–Crippen LogP) is 2.08. The van der Waals surface area contributed by atoms with Gasteiger partial charge in [-0.2, -0.15) is 0 Å². The van der Waals surface area contributed by atoms with E-state index in [1.165, 1.54) is 11.1 Å². The molecular weight excluding hydrogens is 204 g/mol. The molecule has 0 aliphatic heterocycles. The Balaban J connectivity index is 2.37. The van der Waals surface area contributed by atoms with E-state index in [-0.39, 0.29) is 6.61 Å². The minimum Gasteiger partial charge on any atom is -0.396 e. The molecule has 0 radical (unpaired) electrons. The van der Waals surface area contributed by atoms with Crippen LogP contribution >= 0.6 is 15.9 Å². The fourth-order valence-electron chi connectivity index (χ4n) is 1.54. The van der Waals surface area contributed by atoms with E-state index in [0.717, 1.165) is 10.9 Å². The highest BCUT2D eigenvalue weighted by Crippen LogP contribution is 2.36. The number of hydrogen-bond donors (Lipinski definition) is 1. The van der Waals surface area contributed by atoms with Gasteiger partial charge in [-0.15, -0.1) is 0 Å². The van der Waals surface area contributed by atoms with E-state index in [0.29, 0.717) is 5.92 Å². The van der Waals surface area contributed by atoms with E-state index in [4.69, 9.17) is 5.11 Å². The molecule has 0 saturated heterocycles. The predicted molar refractivity (Wildman–Crippen MR) is 47.7 cm³/mol. The van der Waals surface area contributed by atoms with E-state index in [1.807, 2.05) is 6.07 Å². The van der Waals surface area contributed by atoms with Gasteiger partial charge in [0, 0.05) is 10.4 Å². The first-order valence-corrected chi connectivity index (χ1v) is 4.49. The first-order chi connectivity index (χ1) is 5.31. The molecule has 0 amide bonds. The van der Waals surface area contributed by atoms with Gasteiger partial charge in [0.05, 0.1) is 6.61 Å². The fourth-order valence-corrected chi connectivity index (χ4v) is 1.92. The van der Waals surface area contributed by atoms with E-state index in [2.05, 4.69) is 28.1 Å². The second-order valence-electron chi connectivity index (χ2n) is 2.93. The van der Waals surface area contributed by atoms with E-state index in [9.17, 15) is 0 Å². The first-order valence-electron chi connectivity index (χ1n) is 3.70. The number of rotatable bonds is 1. The van der Waals surface area contributed by atoms with Crippen LogP contribution in [0, 0.1) is 0 Å². The molecular formula is C9H9BrO. The molecule has 11 heavy (non-hydrogen) atoms. The third-order valence-electron chi connectivity index (χ3n) is 2.23. The van der Waals surface area contributed by atoms with Crippen LogP contribution in [0.3, 0.4) is 0 Å². The minimum atomic E-state index is 0.281. The summed E-state index contributed by atoms with van der Waals surface area (Å²) in [5.74, 6) is 0.391. The van der Waals surface area contributed by atoms with Crippen LogP contribution in [-0.2, 0) is 6.42 Å². The number of hydrogen-bond acceptors (Lipinski definition) is 1. The molecule has 1 unspecified atom stereocenters. The lowest BCUT2D eigenvalue weighted by atomic mass is 9.78. The number of benzene rings is 1. The maximum Gasteiger partial charge on any atom is 0.0503 e. The molecule has 58 valence electrons.